The van der Waals surface area contributed by atoms with Crippen LogP contribution in [0.15, 0.2) is 53.4 Å². The van der Waals surface area contributed by atoms with Gasteiger partial charge in [-0.05, 0) is 92.0 Å². The summed E-state index contributed by atoms with van der Waals surface area (Å²) >= 11 is 0. The zero-order valence-corrected chi connectivity index (χ0v) is 25.1. The van der Waals surface area contributed by atoms with Gasteiger partial charge in [-0.2, -0.15) is 18.2 Å². The summed E-state index contributed by atoms with van der Waals surface area (Å²) in [6.45, 7) is 6.34. The van der Waals surface area contributed by atoms with E-state index in [-0.39, 0.29) is 41.6 Å². The lowest BCUT2D eigenvalue weighted by Gasteiger charge is -2.46. The fraction of sp³-hybridized carbons (Fsp3) is 0.500. The minimum Gasteiger partial charge on any atom is -0.477 e. The molecule has 1 aliphatic heterocycles. The number of aromatic nitrogens is 2. The average Bonchev–Trinajstić information content (AvgIpc) is 3.67. The van der Waals surface area contributed by atoms with Crippen LogP contribution in [0.2, 0.25) is 0 Å². The molecule has 42 heavy (non-hydrogen) atoms. The van der Waals surface area contributed by atoms with Crippen molar-refractivity contribution in [3.05, 3.63) is 65.2 Å². The van der Waals surface area contributed by atoms with Crippen LogP contribution in [0.25, 0.3) is 11.3 Å². The number of hydrogen-bond donors (Lipinski definition) is 1. The molecule has 1 spiro atoms. The van der Waals surface area contributed by atoms with E-state index in [2.05, 4.69) is 14.7 Å². The van der Waals surface area contributed by atoms with Gasteiger partial charge in [0.2, 0.25) is 11.8 Å². The number of halogens is 3. The molecule has 2 heterocycles. The second-order valence-corrected chi connectivity index (χ2v) is 14.9. The number of sulfonamides is 1. The van der Waals surface area contributed by atoms with Gasteiger partial charge in [0.15, 0.2) is 0 Å². The molecule has 2 fully saturated rings. The zero-order valence-electron chi connectivity index (χ0n) is 24.3. The Kier molecular flexibility index (Phi) is 6.87. The minimum atomic E-state index is -4.41. The average molecular weight is 600 g/mol. The highest BCUT2D eigenvalue weighted by molar-refractivity contribution is 7.92. The monoisotopic (exact) mass is 599 g/mol. The molecular formula is C32H36F3N3O3S. The molecule has 2 atom stereocenters. The molecule has 2 aromatic carbocycles. The minimum absolute atomic E-state index is 0.00724. The van der Waals surface area contributed by atoms with Crippen molar-refractivity contribution >= 4 is 16.0 Å². The van der Waals surface area contributed by atoms with Crippen molar-refractivity contribution in [2.24, 2.45) is 22.7 Å². The summed E-state index contributed by atoms with van der Waals surface area (Å²) in [6.07, 6.45) is -0.412. The highest BCUT2D eigenvalue weighted by Crippen LogP contribution is 2.67. The van der Waals surface area contributed by atoms with Gasteiger partial charge in [-0.15, -0.1) is 0 Å². The van der Waals surface area contributed by atoms with Gasteiger partial charge in [0.1, 0.15) is 0 Å². The van der Waals surface area contributed by atoms with Gasteiger partial charge in [0, 0.05) is 17.5 Å². The van der Waals surface area contributed by atoms with E-state index in [9.17, 15) is 21.6 Å². The standard InChI is InChI=1S/C32H36F3N3O3S/c1-19-7-5-8-20(2)27(19)25-14-26-37-29(36-25)38-42(39,40)24-10-6-9-21(13-24)28(22-16-31(17-22)11-12-31)23(18-41-26)15-30(3,4)32(33,34)35/h5-10,13-14,22-23,28H,11-12,15-18H2,1-4H3,(H,36,37,38)/t23-,28?/m0/s1. The van der Waals surface area contributed by atoms with E-state index in [0.29, 0.717) is 11.1 Å². The molecule has 0 radical (unpaired) electrons. The van der Waals surface area contributed by atoms with E-state index in [1.807, 2.05) is 38.1 Å². The van der Waals surface area contributed by atoms with Gasteiger partial charge in [-0.1, -0.05) is 44.2 Å². The fourth-order valence-electron chi connectivity index (χ4n) is 7.03. The Morgan fingerprint density at radius 2 is 1.67 bits per heavy atom. The second kappa shape index (κ2) is 9.96. The number of nitrogens with zero attached hydrogens (tertiary/aromatic N) is 2. The summed E-state index contributed by atoms with van der Waals surface area (Å²) in [4.78, 5) is 8.92. The SMILES string of the molecule is Cc1cccc(C)c1-c1cc2nc(n1)NS(=O)(=O)c1cccc(c1)C(C1CC3(CC3)C1)[C@@H](CC(C)(C)C(F)(F)F)CO2. The van der Waals surface area contributed by atoms with Crippen molar-refractivity contribution in [1.29, 1.82) is 0 Å². The van der Waals surface area contributed by atoms with E-state index in [0.717, 1.165) is 47.9 Å². The largest absolute Gasteiger partial charge is 0.477 e. The third-order valence-electron chi connectivity index (χ3n) is 9.57. The summed E-state index contributed by atoms with van der Waals surface area (Å²) in [7, 11) is -4.10. The number of hydrogen-bond acceptors (Lipinski definition) is 5. The van der Waals surface area contributed by atoms with Gasteiger partial charge >= 0.3 is 6.18 Å². The molecule has 1 aromatic heterocycles. The molecule has 2 aliphatic carbocycles. The van der Waals surface area contributed by atoms with Crippen LogP contribution in [0.4, 0.5) is 19.1 Å². The molecule has 0 amide bonds. The molecule has 10 heteroatoms. The highest BCUT2D eigenvalue weighted by atomic mass is 32.2. The molecule has 6 rings (SSSR count). The van der Waals surface area contributed by atoms with Crippen molar-refractivity contribution in [3.63, 3.8) is 0 Å². The summed E-state index contributed by atoms with van der Waals surface area (Å²) in [6, 6.07) is 14.1. The topological polar surface area (TPSA) is 81.2 Å². The van der Waals surface area contributed by atoms with Gasteiger partial charge in [-0.25, -0.2) is 18.1 Å². The summed E-state index contributed by atoms with van der Waals surface area (Å²) in [5.41, 5.74) is 2.23. The Morgan fingerprint density at radius 1 is 1.00 bits per heavy atom. The van der Waals surface area contributed by atoms with Crippen LogP contribution < -0.4 is 9.46 Å². The number of benzene rings is 2. The number of ether oxygens (including phenoxy) is 1. The molecule has 1 unspecified atom stereocenters. The molecule has 0 saturated heterocycles. The lowest BCUT2D eigenvalue weighted by Crippen LogP contribution is -2.41. The Labute approximate surface area is 245 Å². The second-order valence-electron chi connectivity index (χ2n) is 13.2. The van der Waals surface area contributed by atoms with Crippen molar-refractivity contribution < 1.29 is 26.3 Å². The fourth-order valence-corrected chi connectivity index (χ4v) is 8.03. The lowest BCUT2D eigenvalue weighted by atomic mass is 9.59. The van der Waals surface area contributed by atoms with E-state index in [1.54, 1.807) is 18.2 Å². The molecule has 6 nitrogen and oxygen atoms in total. The van der Waals surface area contributed by atoms with E-state index < -0.39 is 27.5 Å². The maximum atomic E-state index is 14.2. The number of nitrogens with one attached hydrogen (secondary N) is 1. The van der Waals surface area contributed by atoms with Crippen molar-refractivity contribution in [1.82, 2.24) is 9.97 Å². The van der Waals surface area contributed by atoms with Gasteiger partial charge in [0.25, 0.3) is 10.0 Å². The molecule has 1 N–H and O–H groups in total. The zero-order chi connectivity index (χ0) is 30.1. The maximum Gasteiger partial charge on any atom is 0.393 e. The van der Waals surface area contributed by atoms with Crippen molar-refractivity contribution in [2.75, 3.05) is 11.3 Å². The Bertz CT molecular complexity index is 1610. The predicted molar refractivity (Wildman–Crippen MR) is 155 cm³/mol. The van der Waals surface area contributed by atoms with Crippen LogP contribution in [0.5, 0.6) is 5.88 Å². The summed E-state index contributed by atoms with van der Waals surface area (Å²) in [5.74, 6) is -0.730. The molecule has 224 valence electrons. The smallest absolute Gasteiger partial charge is 0.393 e. The number of rotatable bonds is 4. The number of alkyl halides is 3. The first-order valence-electron chi connectivity index (χ1n) is 14.4. The number of aryl methyl sites for hydroxylation is 2. The molecule has 3 aromatic rings. The van der Waals surface area contributed by atoms with E-state index in [1.165, 1.54) is 19.9 Å². The third-order valence-corrected chi connectivity index (χ3v) is 10.9. The lowest BCUT2D eigenvalue weighted by molar-refractivity contribution is -0.219. The van der Waals surface area contributed by atoms with Gasteiger partial charge in [0.05, 0.1) is 22.6 Å². The Morgan fingerprint density at radius 3 is 2.31 bits per heavy atom. The normalized spacial score (nSPS) is 23.1. The van der Waals surface area contributed by atoms with Crippen LogP contribution >= 0.6 is 0 Å². The Balaban J connectivity index is 1.49. The van der Waals surface area contributed by atoms with Crippen LogP contribution in [0, 0.1) is 36.5 Å². The van der Waals surface area contributed by atoms with E-state index in [4.69, 9.17) is 4.74 Å². The number of anilines is 1. The van der Waals surface area contributed by atoms with Gasteiger partial charge in [-0.3, -0.25) is 0 Å². The van der Waals surface area contributed by atoms with E-state index >= 15 is 0 Å². The highest BCUT2D eigenvalue weighted by Gasteiger charge is 2.57. The summed E-state index contributed by atoms with van der Waals surface area (Å²) in [5, 5.41) is 0. The quantitative estimate of drug-likeness (QED) is 0.331. The first kappa shape index (κ1) is 29.0. The van der Waals surface area contributed by atoms with Gasteiger partial charge < -0.3 is 4.74 Å². The van der Waals surface area contributed by atoms with Crippen molar-refractivity contribution in [2.45, 2.75) is 76.8 Å². The molecule has 3 aliphatic rings. The van der Waals surface area contributed by atoms with Crippen LogP contribution in [0.3, 0.4) is 0 Å². The maximum absolute atomic E-state index is 14.2. The molecular weight excluding hydrogens is 563 g/mol. The Hall–Kier alpha value is -3.14. The summed E-state index contributed by atoms with van der Waals surface area (Å²) < 4.78 is 78.7. The molecule has 2 saturated carbocycles. The van der Waals surface area contributed by atoms with Crippen LogP contribution in [-0.4, -0.2) is 31.2 Å². The first-order valence-corrected chi connectivity index (χ1v) is 15.9. The third kappa shape index (κ3) is 5.38. The van der Waals surface area contributed by atoms with Crippen molar-refractivity contribution in [3.8, 4) is 17.1 Å². The molecule has 4 bridgehead atoms. The number of fused-ring (bicyclic) bond motifs is 4. The van der Waals surface area contributed by atoms with Crippen LogP contribution in [0.1, 0.15) is 68.6 Å². The predicted octanol–water partition coefficient (Wildman–Crippen LogP) is 7.82. The first-order chi connectivity index (χ1) is 19.7. The van der Waals surface area contributed by atoms with Crippen LogP contribution in [-0.2, 0) is 10.0 Å².